The maximum atomic E-state index is 12.7. The molecule has 16 heavy (non-hydrogen) atoms. The van der Waals surface area contributed by atoms with Gasteiger partial charge in [0.1, 0.15) is 5.82 Å². The Balaban J connectivity index is 2.23. The molecule has 2 rings (SSSR count). The summed E-state index contributed by atoms with van der Waals surface area (Å²) in [6.45, 7) is 0. The average Bonchev–Trinajstić information content (AvgIpc) is 2.25. The second kappa shape index (κ2) is 5.05. The third-order valence-electron chi connectivity index (χ3n) is 2.00. The number of rotatable bonds is 2. The highest BCUT2D eigenvalue weighted by Crippen LogP contribution is 2.32. The normalized spacial score (nSPS) is 10.4. The minimum absolute atomic E-state index is 0.212. The Bertz CT molecular complexity index is 499. The molecule has 0 unspecified atom stereocenters. The summed E-state index contributed by atoms with van der Waals surface area (Å²) in [5.74, 6) is -0.212. The van der Waals surface area contributed by atoms with Gasteiger partial charge in [0.05, 0.1) is 0 Å². The molecule has 0 saturated heterocycles. The molecule has 2 N–H and O–H groups in total. The third kappa shape index (κ3) is 2.89. The van der Waals surface area contributed by atoms with Crippen LogP contribution in [-0.4, -0.2) is 0 Å². The molecule has 1 nitrogen and oxygen atoms in total. The van der Waals surface area contributed by atoms with Gasteiger partial charge in [-0.05, 0) is 65.1 Å². The fraction of sp³-hybridized carbons (Fsp3) is 0. The lowest BCUT2D eigenvalue weighted by Crippen LogP contribution is -1.86. The first-order valence-electron chi connectivity index (χ1n) is 4.63. The van der Waals surface area contributed by atoms with Gasteiger partial charge in [-0.1, -0.05) is 11.8 Å². The molecule has 0 heterocycles. The van der Waals surface area contributed by atoms with Crippen molar-refractivity contribution >= 4 is 40.0 Å². The molecule has 0 aliphatic heterocycles. The van der Waals surface area contributed by atoms with Crippen LogP contribution < -0.4 is 5.73 Å². The molecule has 0 fully saturated rings. The summed E-state index contributed by atoms with van der Waals surface area (Å²) in [6.07, 6.45) is 0. The lowest BCUT2D eigenvalue weighted by atomic mass is 10.3. The van der Waals surface area contributed by atoms with Crippen molar-refractivity contribution in [1.29, 1.82) is 0 Å². The van der Waals surface area contributed by atoms with E-state index in [9.17, 15) is 4.39 Å². The van der Waals surface area contributed by atoms with E-state index in [1.54, 1.807) is 23.9 Å². The quantitative estimate of drug-likeness (QED) is 0.653. The van der Waals surface area contributed by atoms with E-state index in [4.69, 9.17) is 5.73 Å². The van der Waals surface area contributed by atoms with E-state index < -0.39 is 0 Å². The number of nitrogen functional groups attached to an aromatic ring is 1. The first-order chi connectivity index (χ1) is 7.65. The Morgan fingerprint density at radius 2 is 1.75 bits per heavy atom. The predicted molar refractivity (Wildman–Crippen MR) is 74.1 cm³/mol. The van der Waals surface area contributed by atoms with Gasteiger partial charge in [-0.25, -0.2) is 4.39 Å². The molecule has 0 aliphatic rings. The number of nitrogens with two attached hydrogens (primary N) is 1. The number of hydrogen-bond acceptors (Lipinski definition) is 2. The van der Waals surface area contributed by atoms with Crippen LogP contribution >= 0.6 is 34.4 Å². The maximum Gasteiger partial charge on any atom is 0.123 e. The highest BCUT2D eigenvalue weighted by molar-refractivity contribution is 14.1. The Kier molecular flexibility index (Phi) is 3.70. The van der Waals surface area contributed by atoms with E-state index in [-0.39, 0.29) is 5.82 Å². The van der Waals surface area contributed by atoms with E-state index >= 15 is 0 Å². The molecule has 0 radical (unpaired) electrons. The van der Waals surface area contributed by atoms with Crippen LogP contribution in [0.2, 0.25) is 0 Å². The van der Waals surface area contributed by atoms with E-state index in [2.05, 4.69) is 22.6 Å². The lowest BCUT2D eigenvalue weighted by Gasteiger charge is -2.05. The molecule has 2 aromatic rings. The second-order valence-electron chi connectivity index (χ2n) is 3.25. The topological polar surface area (TPSA) is 26.0 Å². The van der Waals surface area contributed by atoms with Crippen molar-refractivity contribution in [3.05, 3.63) is 51.9 Å². The van der Waals surface area contributed by atoms with E-state index in [0.717, 1.165) is 19.0 Å². The minimum atomic E-state index is -0.212. The largest absolute Gasteiger partial charge is 0.399 e. The zero-order valence-electron chi connectivity index (χ0n) is 8.28. The van der Waals surface area contributed by atoms with Gasteiger partial charge in [0, 0.05) is 19.0 Å². The molecule has 0 atom stereocenters. The standard InChI is InChI=1S/C12H9FINS/c13-8-1-4-10(5-2-8)16-12-6-3-9(15)7-11(12)14/h1-7H,15H2. The fourth-order valence-electron chi connectivity index (χ4n) is 1.23. The summed E-state index contributed by atoms with van der Waals surface area (Å²) < 4.78 is 13.8. The smallest absolute Gasteiger partial charge is 0.123 e. The van der Waals surface area contributed by atoms with Crippen LogP contribution in [0.25, 0.3) is 0 Å². The van der Waals surface area contributed by atoms with Crippen LogP contribution in [0.1, 0.15) is 0 Å². The molecular weight excluding hydrogens is 336 g/mol. The van der Waals surface area contributed by atoms with Crippen molar-refractivity contribution in [3.8, 4) is 0 Å². The zero-order chi connectivity index (χ0) is 11.5. The Morgan fingerprint density at radius 1 is 1.06 bits per heavy atom. The molecule has 82 valence electrons. The highest BCUT2D eigenvalue weighted by atomic mass is 127. The van der Waals surface area contributed by atoms with Crippen molar-refractivity contribution in [3.63, 3.8) is 0 Å². The first kappa shape index (κ1) is 11.7. The van der Waals surface area contributed by atoms with E-state index in [0.29, 0.717) is 0 Å². The summed E-state index contributed by atoms with van der Waals surface area (Å²) in [5.41, 5.74) is 6.43. The van der Waals surface area contributed by atoms with Gasteiger partial charge in [0.2, 0.25) is 0 Å². The fourth-order valence-corrected chi connectivity index (χ4v) is 2.92. The molecule has 0 bridgehead atoms. The lowest BCUT2D eigenvalue weighted by molar-refractivity contribution is 0.626. The predicted octanol–water partition coefficient (Wildman–Crippen LogP) is 4.16. The van der Waals surface area contributed by atoms with Crippen LogP contribution in [0.4, 0.5) is 10.1 Å². The van der Waals surface area contributed by atoms with Crippen LogP contribution in [-0.2, 0) is 0 Å². The van der Waals surface area contributed by atoms with Crippen molar-refractivity contribution in [2.24, 2.45) is 0 Å². The van der Waals surface area contributed by atoms with Crippen LogP contribution in [0.15, 0.2) is 52.3 Å². The van der Waals surface area contributed by atoms with Gasteiger partial charge >= 0.3 is 0 Å². The second-order valence-corrected chi connectivity index (χ2v) is 5.52. The van der Waals surface area contributed by atoms with Gasteiger partial charge in [-0.3, -0.25) is 0 Å². The van der Waals surface area contributed by atoms with Gasteiger partial charge in [0.25, 0.3) is 0 Å². The SMILES string of the molecule is Nc1ccc(Sc2ccc(F)cc2)c(I)c1. The Labute approximate surface area is 111 Å². The summed E-state index contributed by atoms with van der Waals surface area (Å²) in [7, 11) is 0. The Hall–Kier alpha value is -0.750. The third-order valence-corrected chi connectivity index (χ3v) is 4.34. The zero-order valence-corrected chi connectivity index (χ0v) is 11.3. The molecule has 0 amide bonds. The van der Waals surface area contributed by atoms with E-state index in [1.165, 1.54) is 12.1 Å². The number of halogens is 2. The van der Waals surface area contributed by atoms with Gasteiger partial charge in [-0.15, -0.1) is 0 Å². The number of hydrogen-bond donors (Lipinski definition) is 1. The molecule has 0 saturated carbocycles. The van der Waals surface area contributed by atoms with Gasteiger partial charge in [-0.2, -0.15) is 0 Å². The minimum Gasteiger partial charge on any atom is -0.399 e. The summed E-state index contributed by atoms with van der Waals surface area (Å²) in [5, 5.41) is 0. The number of benzene rings is 2. The van der Waals surface area contributed by atoms with Crippen LogP contribution in [0.5, 0.6) is 0 Å². The molecule has 0 aromatic heterocycles. The summed E-state index contributed by atoms with van der Waals surface area (Å²) in [6, 6.07) is 12.2. The molecule has 0 spiro atoms. The monoisotopic (exact) mass is 345 g/mol. The molecule has 0 aliphatic carbocycles. The maximum absolute atomic E-state index is 12.7. The van der Waals surface area contributed by atoms with Crippen LogP contribution in [0, 0.1) is 9.39 Å². The summed E-state index contributed by atoms with van der Waals surface area (Å²) in [4.78, 5) is 2.14. The van der Waals surface area contributed by atoms with Crippen molar-refractivity contribution in [2.45, 2.75) is 9.79 Å². The van der Waals surface area contributed by atoms with Gasteiger partial charge in [0.15, 0.2) is 0 Å². The van der Waals surface area contributed by atoms with Crippen LogP contribution in [0.3, 0.4) is 0 Å². The highest BCUT2D eigenvalue weighted by Gasteiger charge is 2.02. The van der Waals surface area contributed by atoms with Crippen molar-refractivity contribution in [1.82, 2.24) is 0 Å². The molecule has 4 heteroatoms. The average molecular weight is 345 g/mol. The molecular formula is C12H9FINS. The van der Waals surface area contributed by atoms with E-state index in [1.807, 2.05) is 18.2 Å². The first-order valence-corrected chi connectivity index (χ1v) is 6.53. The summed E-state index contributed by atoms with van der Waals surface area (Å²) >= 11 is 3.85. The van der Waals surface area contributed by atoms with Crippen molar-refractivity contribution < 1.29 is 4.39 Å². The van der Waals surface area contributed by atoms with Crippen molar-refractivity contribution in [2.75, 3.05) is 5.73 Å². The van der Waals surface area contributed by atoms with Gasteiger partial charge < -0.3 is 5.73 Å². The molecule has 2 aromatic carbocycles. The number of anilines is 1. The Morgan fingerprint density at radius 3 is 2.38 bits per heavy atom.